The summed E-state index contributed by atoms with van der Waals surface area (Å²) in [5.74, 6) is -1.17. The molecule has 3 nitrogen and oxygen atoms in total. The van der Waals surface area contributed by atoms with E-state index in [0.29, 0.717) is 16.5 Å². The maximum atomic E-state index is 11.6. The molecule has 1 aliphatic rings. The Bertz CT molecular complexity index is 692. The lowest BCUT2D eigenvalue weighted by molar-refractivity contribution is 0.0444. The van der Waals surface area contributed by atoms with E-state index in [1.807, 2.05) is 12.1 Å². The van der Waals surface area contributed by atoms with Gasteiger partial charge in [0.1, 0.15) is 0 Å². The van der Waals surface area contributed by atoms with E-state index in [4.69, 9.17) is 0 Å². The van der Waals surface area contributed by atoms with E-state index in [9.17, 15) is 9.59 Å². The fourth-order valence-electron chi connectivity index (χ4n) is 1.96. The van der Waals surface area contributed by atoms with Crippen LogP contribution in [0.1, 0.15) is 20.7 Å². The van der Waals surface area contributed by atoms with Crippen LogP contribution in [0.15, 0.2) is 33.2 Å². The van der Waals surface area contributed by atoms with Crippen molar-refractivity contribution in [3.63, 3.8) is 0 Å². The largest absolute Gasteiger partial charge is 0.386 e. The Labute approximate surface area is 113 Å². The molecule has 2 aromatic carbocycles. The zero-order valence-corrected chi connectivity index (χ0v) is 11.5. The number of ether oxygens (including phenoxy) is 1. The van der Waals surface area contributed by atoms with Crippen LogP contribution in [-0.4, -0.2) is 11.9 Å². The number of halogens is 2. The lowest BCUT2D eigenvalue weighted by atomic mass is 10.0. The smallest absolute Gasteiger partial charge is 0.347 e. The summed E-state index contributed by atoms with van der Waals surface area (Å²) in [4.78, 5) is 23.1. The summed E-state index contributed by atoms with van der Waals surface area (Å²) in [6.07, 6.45) is 0. The van der Waals surface area contributed by atoms with Crippen molar-refractivity contribution in [3.05, 3.63) is 44.3 Å². The van der Waals surface area contributed by atoms with Gasteiger partial charge in [-0.3, -0.25) is 0 Å². The number of hydrogen-bond donors (Lipinski definition) is 0. The van der Waals surface area contributed by atoms with Crippen LogP contribution in [0.2, 0.25) is 0 Å². The Morgan fingerprint density at radius 2 is 1.76 bits per heavy atom. The van der Waals surface area contributed by atoms with Crippen molar-refractivity contribution in [2.24, 2.45) is 0 Å². The Balaban J connectivity index is 2.56. The van der Waals surface area contributed by atoms with Gasteiger partial charge in [-0.25, -0.2) is 9.59 Å². The Kier molecular flexibility index (Phi) is 2.34. The number of fused-ring (bicyclic) bond motifs is 3. The van der Waals surface area contributed by atoms with Gasteiger partial charge in [0.25, 0.3) is 0 Å². The average Bonchev–Trinajstić information content (AvgIpc) is 2.54. The summed E-state index contributed by atoms with van der Waals surface area (Å²) in [5, 5.41) is 1.57. The first-order valence-corrected chi connectivity index (χ1v) is 6.35. The van der Waals surface area contributed by atoms with Gasteiger partial charge in [0, 0.05) is 14.3 Å². The fraction of sp³-hybridized carbons (Fsp3) is 0. The molecule has 17 heavy (non-hydrogen) atoms. The van der Waals surface area contributed by atoms with Crippen molar-refractivity contribution >= 4 is 54.6 Å². The summed E-state index contributed by atoms with van der Waals surface area (Å²) < 4.78 is 6.23. The Morgan fingerprint density at radius 3 is 2.53 bits per heavy atom. The molecule has 0 unspecified atom stereocenters. The summed E-state index contributed by atoms with van der Waals surface area (Å²) in [6, 6.07) is 7.11. The Morgan fingerprint density at radius 1 is 1.00 bits per heavy atom. The summed E-state index contributed by atoms with van der Waals surface area (Å²) in [7, 11) is 0. The molecule has 0 atom stereocenters. The van der Waals surface area contributed by atoms with E-state index >= 15 is 0 Å². The molecule has 5 heteroatoms. The van der Waals surface area contributed by atoms with Gasteiger partial charge < -0.3 is 4.74 Å². The summed E-state index contributed by atoms with van der Waals surface area (Å²) in [6.45, 7) is 0. The highest BCUT2D eigenvalue weighted by Crippen LogP contribution is 2.37. The van der Waals surface area contributed by atoms with Gasteiger partial charge in [-0.15, -0.1) is 0 Å². The van der Waals surface area contributed by atoms with E-state index in [-0.39, 0.29) is 0 Å². The molecule has 0 bridgehead atoms. The van der Waals surface area contributed by atoms with Crippen molar-refractivity contribution in [3.8, 4) is 0 Å². The minimum absolute atomic E-state index is 0.312. The number of cyclic esters (lactones) is 2. The minimum Gasteiger partial charge on any atom is -0.386 e. The number of esters is 2. The molecule has 0 N–H and O–H groups in total. The van der Waals surface area contributed by atoms with Crippen LogP contribution >= 0.6 is 31.9 Å². The molecule has 1 aliphatic heterocycles. The molecule has 0 radical (unpaired) electrons. The zero-order valence-electron chi connectivity index (χ0n) is 8.29. The maximum absolute atomic E-state index is 11.6. The predicted octanol–water partition coefficient (Wildman–Crippen LogP) is 3.68. The average molecular weight is 356 g/mol. The summed E-state index contributed by atoms with van der Waals surface area (Å²) in [5.41, 5.74) is 0.655. The van der Waals surface area contributed by atoms with E-state index in [1.54, 1.807) is 12.1 Å². The van der Waals surface area contributed by atoms with Gasteiger partial charge in [0.15, 0.2) is 0 Å². The van der Waals surface area contributed by atoms with Gasteiger partial charge in [0.05, 0.1) is 11.1 Å². The van der Waals surface area contributed by atoms with Gasteiger partial charge in [-0.1, -0.05) is 44.0 Å². The van der Waals surface area contributed by atoms with Crippen LogP contribution in [-0.2, 0) is 4.74 Å². The molecule has 0 saturated carbocycles. The van der Waals surface area contributed by atoms with E-state index in [2.05, 4.69) is 36.6 Å². The van der Waals surface area contributed by atoms with Crippen LogP contribution in [0.5, 0.6) is 0 Å². The van der Waals surface area contributed by atoms with Gasteiger partial charge in [-0.05, 0) is 17.5 Å². The highest BCUT2D eigenvalue weighted by molar-refractivity contribution is 9.11. The molecular weight excluding hydrogens is 352 g/mol. The molecule has 0 aromatic heterocycles. The van der Waals surface area contributed by atoms with E-state index in [0.717, 1.165) is 14.3 Å². The maximum Gasteiger partial charge on any atom is 0.347 e. The Hall–Kier alpha value is -1.20. The molecule has 0 amide bonds. The van der Waals surface area contributed by atoms with E-state index < -0.39 is 11.9 Å². The molecule has 84 valence electrons. The molecular formula is C12H4Br2O3. The number of rotatable bonds is 0. The first kappa shape index (κ1) is 10.9. The molecule has 3 rings (SSSR count). The standard InChI is InChI=1S/C12H4Br2O3/c13-7-3-1-2-5-9-6(4-8(14)10(5)7)11(15)17-12(9)16/h1-4H. The molecule has 0 saturated heterocycles. The highest BCUT2D eigenvalue weighted by Gasteiger charge is 2.32. The monoisotopic (exact) mass is 354 g/mol. The fourth-order valence-corrected chi connectivity index (χ4v) is 3.46. The number of hydrogen-bond acceptors (Lipinski definition) is 3. The van der Waals surface area contributed by atoms with Crippen molar-refractivity contribution in [1.29, 1.82) is 0 Å². The topological polar surface area (TPSA) is 43.4 Å². The third kappa shape index (κ3) is 1.46. The normalized spacial score (nSPS) is 14.0. The van der Waals surface area contributed by atoms with Crippen molar-refractivity contribution < 1.29 is 14.3 Å². The van der Waals surface area contributed by atoms with Crippen molar-refractivity contribution in [2.45, 2.75) is 0 Å². The second kappa shape index (κ2) is 3.65. The number of carbonyl (C=O) groups is 2. The highest BCUT2D eigenvalue weighted by atomic mass is 79.9. The van der Waals surface area contributed by atoms with Crippen LogP contribution in [0.4, 0.5) is 0 Å². The molecule has 0 fully saturated rings. The SMILES string of the molecule is O=C1OC(=O)c2c1cc(Br)c1c(Br)cccc21. The number of carbonyl (C=O) groups excluding carboxylic acids is 2. The first-order chi connectivity index (χ1) is 8.09. The van der Waals surface area contributed by atoms with Gasteiger partial charge >= 0.3 is 11.9 Å². The zero-order chi connectivity index (χ0) is 12.2. The number of benzene rings is 2. The van der Waals surface area contributed by atoms with Crippen LogP contribution < -0.4 is 0 Å². The first-order valence-electron chi connectivity index (χ1n) is 4.77. The molecule has 0 spiro atoms. The minimum atomic E-state index is -0.590. The lowest BCUT2D eigenvalue weighted by Crippen LogP contribution is -1.97. The lowest BCUT2D eigenvalue weighted by Gasteiger charge is -2.06. The van der Waals surface area contributed by atoms with Crippen LogP contribution in [0, 0.1) is 0 Å². The van der Waals surface area contributed by atoms with Crippen LogP contribution in [0.3, 0.4) is 0 Å². The predicted molar refractivity (Wildman–Crippen MR) is 69.1 cm³/mol. The molecule has 1 heterocycles. The van der Waals surface area contributed by atoms with Gasteiger partial charge in [0.2, 0.25) is 0 Å². The summed E-state index contributed by atoms with van der Waals surface area (Å²) >= 11 is 6.82. The molecule has 0 aliphatic carbocycles. The molecule has 2 aromatic rings. The van der Waals surface area contributed by atoms with E-state index in [1.165, 1.54) is 0 Å². The van der Waals surface area contributed by atoms with Crippen molar-refractivity contribution in [2.75, 3.05) is 0 Å². The van der Waals surface area contributed by atoms with Gasteiger partial charge in [-0.2, -0.15) is 0 Å². The van der Waals surface area contributed by atoms with Crippen molar-refractivity contribution in [1.82, 2.24) is 0 Å². The second-order valence-corrected chi connectivity index (χ2v) is 5.33. The third-order valence-corrected chi connectivity index (χ3v) is 3.96. The third-order valence-electron chi connectivity index (χ3n) is 2.67. The van der Waals surface area contributed by atoms with Crippen LogP contribution in [0.25, 0.3) is 10.8 Å². The second-order valence-electron chi connectivity index (χ2n) is 3.62. The quantitative estimate of drug-likeness (QED) is 0.535.